The number of aromatic nitrogens is 2. The Morgan fingerprint density at radius 1 is 1.24 bits per heavy atom. The van der Waals surface area contributed by atoms with Gasteiger partial charge >= 0.3 is 0 Å². The van der Waals surface area contributed by atoms with E-state index in [4.69, 9.17) is 9.26 Å². The van der Waals surface area contributed by atoms with E-state index >= 15 is 0 Å². The summed E-state index contributed by atoms with van der Waals surface area (Å²) in [5, 5.41) is 3.98. The van der Waals surface area contributed by atoms with Crippen LogP contribution in [0, 0.1) is 0 Å². The SMILES string of the molecule is COCCc1noc(CN2CCCN(C(=O)C3CCCN3C)CC2)n1. The van der Waals surface area contributed by atoms with Crippen molar-refractivity contribution in [2.45, 2.75) is 38.3 Å². The molecule has 1 aromatic heterocycles. The maximum absolute atomic E-state index is 12.7. The van der Waals surface area contributed by atoms with Crippen LogP contribution in [0.4, 0.5) is 0 Å². The lowest BCUT2D eigenvalue weighted by molar-refractivity contribution is -0.135. The molecule has 0 N–H and O–H groups in total. The van der Waals surface area contributed by atoms with Crippen LogP contribution in [-0.2, 0) is 22.5 Å². The lowest BCUT2D eigenvalue weighted by Gasteiger charge is -2.27. The highest BCUT2D eigenvalue weighted by Crippen LogP contribution is 2.18. The third-order valence-corrected chi connectivity index (χ3v) is 5.10. The number of rotatable bonds is 6. The van der Waals surface area contributed by atoms with E-state index in [1.807, 2.05) is 4.90 Å². The Kier molecular flexibility index (Phi) is 6.39. The van der Waals surface area contributed by atoms with Gasteiger partial charge in [0.15, 0.2) is 5.82 Å². The van der Waals surface area contributed by atoms with E-state index in [9.17, 15) is 4.79 Å². The van der Waals surface area contributed by atoms with Crippen LogP contribution in [0.3, 0.4) is 0 Å². The van der Waals surface area contributed by atoms with Crippen LogP contribution < -0.4 is 0 Å². The number of nitrogens with zero attached hydrogens (tertiary/aromatic N) is 5. The van der Waals surface area contributed by atoms with Crippen molar-refractivity contribution in [1.29, 1.82) is 0 Å². The molecule has 8 nitrogen and oxygen atoms in total. The summed E-state index contributed by atoms with van der Waals surface area (Å²) in [7, 11) is 3.71. The second-order valence-electron chi connectivity index (χ2n) is 6.94. The summed E-state index contributed by atoms with van der Waals surface area (Å²) in [4.78, 5) is 23.7. The molecule has 2 aliphatic rings. The smallest absolute Gasteiger partial charge is 0.240 e. The maximum Gasteiger partial charge on any atom is 0.240 e. The first-order chi connectivity index (χ1) is 12.2. The summed E-state index contributed by atoms with van der Waals surface area (Å²) in [5.41, 5.74) is 0. The minimum Gasteiger partial charge on any atom is -0.384 e. The highest BCUT2D eigenvalue weighted by atomic mass is 16.5. The van der Waals surface area contributed by atoms with Crippen LogP contribution in [0.2, 0.25) is 0 Å². The van der Waals surface area contributed by atoms with Gasteiger partial charge in [-0.2, -0.15) is 4.98 Å². The average molecular weight is 351 g/mol. The quantitative estimate of drug-likeness (QED) is 0.734. The van der Waals surface area contributed by atoms with Crippen molar-refractivity contribution < 1.29 is 14.1 Å². The molecule has 3 rings (SSSR count). The molecule has 2 aliphatic heterocycles. The van der Waals surface area contributed by atoms with Crippen molar-refractivity contribution >= 4 is 5.91 Å². The zero-order valence-corrected chi connectivity index (χ0v) is 15.3. The van der Waals surface area contributed by atoms with Gasteiger partial charge in [-0.25, -0.2) is 0 Å². The first-order valence-electron chi connectivity index (χ1n) is 9.19. The summed E-state index contributed by atoms with van der Waals surface area (Å²) < 4.78 is 10.4. The van der Waals surface area contributed by atoms with Crippen molar-refractivity contribution in [2.75, 3.05) is 53.5 Å². The van der Waals surface area contributed by atoms with Crippen LogP contribution >= 0.6 is 0 Å². The van der Waals surface area contributed by atoms with Crippen LogP contribution in [0.25, 0.3) is 0 Å². The maximum atomic E-state index is 12.7. The molecule has 0 spiro atoms. The molecule has 1 unspecified atom stereocenters. The van der Waals surface area contributed by atoms with Gasteiger partial charge in [0, 0.05) is 39.7 Å². The molecule has 0 radical (unpaired) electrons. The molecule has 8 heteroatoms. The van der Waals surface area contributed by atoms with Crippen molar-refractivity contribution in [2.24, 2.45) is 0 Å². The fourth-order valence-electron chi connectivity index (χ4n) is 3.62. The van der Waals surface area contributed by atoms with E-state index in [1.54, 1.807) is 7.11 Å². The Morgan fingerprint density at radius 3 is 2.88 bits per heavy atom. The minimum atomic E-state index is 0.0748. The van der Waals surface area contributed by atoms with E-state index in [1.165, 1.54) is 0 Å². The fourth-order valence-corrected chi connectivity index (χ4v) is 3.62. The number of hydrogen-bond acceptors (Lipinski definition) is 7. The average Bonchev–Trinajstić information content (AvgIpc) is 3.16. The number of likely N-dealkylation sites (N-methyl/N-ethyl adjacent to an activating group) is 1. The molecule has 0 aromatic carbocycles. The molecule has 3 heterocycles. The van der Waals surface area contributed by atoms with Gasteiger partial charge in [-0.15, -0.1) is 0 Å². The van der Waals surface area contributed by atoms with Crippen LogP contribution in [0.15, 0.2) is 4.52 Å². The van der Waals surface area contributed by atoms with Gasteiger partial charge in [-0.3, -0.25) is 14.6 Å². The normalized spacial score (nSPS) is 23.1. The fraction of sp³-hybridized carbons (Fsp3) is 0.824. The molecular weight excluding hydrogens is 322 g/mol. The van der Waals surface area contributed by atoms with Gasteiger partial charge < -0.3 is 14.2 Å². The zero-order chi connectivity index (χ0) is 17.6. The van der Waals surface area contributed by atoms with Crippen LogP contribution in [0.5, 0.6) is 0 Å². The van der Waals surface area contributed by atoms with Gasteiger partial charge in [0.25, 0.3) is 0 Å². The Labute approximate surface area is 149 Å². The summed E-state index contributed by atoms with van der Waals surface area (Å²) in [6.45, 7) is 5.66. The minimum absolute atomic E-state index is 0.0748. The van der Waals surface area contributed by atoms with E-state index in [2.05, 4.69) is 27.0 Å². The molecule has 1 atom stereocenters. The molecule has 0 bridgehead atoms. The van der Waals surface area contributed by atoms with Gasteiger partial charge in [0.1, 0.15) is 0 Å². The molecule has 0 saturated carbocycles. The van der Waals surface area contributed by atoms with Crippen molar-refractivity contribution in [1.82, 2.24) is 24.8 Å². The molecule has 140 valence electrons. The van der Waals surface area contributed by atoms with Gasteiger partial charge in [-0.05, 0) is 32.9 Å². The second kappa shape index (κ2) is 8.73. The first kappa shape index (κ1) is 18.3. The number of ether oxygens (including phenoxy) is 1. The number of likely N-dealkylation sites (tertiary alicyclic amines) is 1. The Balaban J connectivity index is 1.49. The summed E-state index contributed by atoms with van der Waals surface area (Å²) in [6, 6.07) is 0.0748. The second-order valence-corrected chi connectivity index (χ2v) is 6.94. The molecule has 2 saturated heterocycles. The van der Waals surface area contributed by atoms with Gasteiger partial charge in [-0.1, -0.05) is 5.16 Å². The number of amides is 1. The third kappa shape index (κ3) is 4.77. The lowest BCUT2D eigenvalue weighted by Crippen LogP contribution is -2.45. The van der Waals surface area contributed by atoms with Gasteiger partial charge in [0.05, 0.1) is 19.2 Å². The number of methoxy groups -OCH3 is 1. The summed E-state index contributed by atoms with van der Waals surface area (Å²) >= 11 is 0. The zero-order valence-electron chi connectivity index (χ0n) is 15.3. The van der Waals surface area contributed by atoms with Crippen molar-refractivity contribution in [3.63, 3.8) is 0 Å². The third-order valence-electron chi connectivity index (χ3n) is 5.10. The first-order valence-corrected chi connectivity index (χ1v) is 9.19. The van der Waals surface area contributed by atoms with E-state index in [0.717, 1.165) is 52.0 Å². The lowest BCUT2D eigenvalue weighted by atomic mass is 10.2. The molecule has 1 amide bonds. The molecule has 0 aliphatic carbocycles. The van der Waals surface area contributed by atoms with Crippen molar-refractivity contribution in [3.8, 4) is 0 Å². The predicted molar refractivity (Wildman–Crippen MR) is 92.0 cm³/mol. The van der Waals surface area contributed by atoms with Crippen LogP contribution in [-0.4, -0.2) is 90.3 Å². The van der Waals surface area contributed by atoms with E-state index < -0.39 is 0 Å². The number of carbonyl (C=O) groups excluding carboxylic acids is 1. The molecule has 1 aromatic rings. The van der Waals surface area contributed by atoms with E-state index in [0.29, 0.717) is 37.2 Å². The molecule has 2 fully saturated rings. The van der Waals surface area contributed by atoms with Gasteiger partial charge in [0.2, 0.25) is 11.8 Å². The Morgan fingerprint density at radius 2 is 2.12 bits per heavy atom. The van der Waals surface area contributed by atoms with E-state index in [-0.39, 0.29) is 6.04 Å². The highest BCUT2D eigenvalue weighted by molar-refractivity contribution is 5.82. The molecule has 25 heavy (non-hydrogen) atoms. The molecular formula is C17H29N5O3. The summed E-state index contributed by atoms with van der Waals surface area (Å²) in [5.74, 6) is 1.62. The summed E-state index contributed by atoms with van der Waals surface area (Å²) in [6.07, 6.45) is 3.75. The number of hydrogen-bond donors (Lipinski definition) is 0. The van der Waals surface area contributed by atoms with Crippen LogP contribution in [0.1, 0.15) is 31.0 Å². The number of carbonyl (C=O) groups is 1. The van der Waals surface area contributed by atoms with Crippen molar-refractivity contribution in [3.05, 3.63) is 11.7 Å². The standard InChI is InChI=1S/C17H29N5O3/c1-20-7-3-5-14(20)17(23)22-9-4-8-21(10-11-22)13-16-18-15(19-25-16)6-12-24-2/h14H,3-13H2,1-2H3. The monoisotopic (exact) mass is 351 g/mol. The largest absolute Gasteiger partial charge is 0.384 e. The topological polar surface area (TPSA) is 74.9 Å². The predicted octanol–water partition coefficient (Wildman–Crippen LogP) is 0.387. The Hall–Kier alpha value is -1.51. The Bertz CT molecular complexity index is 564. The highest BCUT2D eigenvalue weighted by Gasteiger charge is 2.32.